The van der Waals surface area contributed by atoms with Gasteiger partial charge in [0, 0.05) is 160 Å². The van der Waals surface area contributed by atoms with Gasteiger partial charge in [0.15, 0.2) is 11.6 Å². The van der Waals surface area contributed by atoms with Crippen LogP contribution in [0, 0.1) is 29.6 Å². The van der Waals surface area contributed by atoms with E-state index in [9.17, 15) is 48.9 Å². The molecule has 7 heterocycles. The minimum atomic E-state index is -2.50. The molecule has 0 spiro atoms. The first kappa shape index (κ1) is 78.9. The van der Waals surface area contributed by atoms with Gasteiger partial charge in [-0.15, -0.1) is 0 Å². The minimum absolute atomic E-state index is 0.00559. The Hall–Kier alpha value is -6.79. The average Bonchev–Trinajstić information content (AvgIpc) is 0.775. The molecule has 8 rings (SSSR count). The Bertz CT molecular complexity index is 3170. The van der Waals surface area contributed by atoms with Crippen LogP contribution in [0.5, 0.6) is 0 Å². The number of aromatic nitrogens is 4. The molecule has 4 saturated heterocycles. The number of hydrogen-bond acceptors (Lipinski definition) is 25. The number of nitrogens with one attached hydrogen (secondary N) is 1. The number of amides is 2. The smallest absolute Gasteiger partial charge is 0.407 e. The third-order valence-corrected chi connectivity index (χ3v) is 20.8. The number of fused-ring (bicyclic) bond motifs is 3. The molecule has 6 aliphatic rings. The van der Waals surface area contributed by atoms with Gasteiger partial charge in [0.2, 0.25) is 17.7 Å². The molecule has 5 aliphatic heterocycles. The topological polar surface area (TPSA) is 341 Å². The molecular formula is C73H109N11O16. The molecule has 552 valence electrons. The maximum absolute atomic E-state index is 14.7. The van der Waals surface area contributed by atoms with E-state index < -0.39 is 120 Å². The Morgan fingerprint density at radius 3 is 2.00 bits per heavy atom. The summed E-state index contributed by atoms with van der Waals surface area (Å²) in [7, 11) is 3.08. The molecule has 2 amide bonds. The molecule has 0 radical (unpaired) electrons. The summed E-state index contributed by atoms with van der Waals surface area (Å²) in [4.78, 5) is 125. The van der Waals surface area contributed by atoms with E-state index in [0.29, 0.717) is 87.6 Å². The number of alkyl carbamates (subject to hydrolysis) is 1. The number of nitrogens with zero attached hydrogens (tertiary/aromatic N) is 9. The van der Waals surface area contributed by atoms with Crippen LogP contribution >= 0.6 is 0 Å². The molecule has 27 heteroatoms. The van der Waals surface area contributed by atoms with Gasteiger partial charge in [-0.2, -0.15) is 0 Å². The maximum Gasteiger partial charge on any atom is 0.407 e. The van der Waals surface area contributed by atoms with Crippen LogP contribution in [-0.2, 0) is 58.9 Å². The number of aliphatic hydroxyl groups is 3. The van der Waals surface area contributed by atoms with E-state index in [1.54, 1.807) is 52.7 Å². The van der Waals surface area contributed by atoms with Gasteiger partial charge in [-0.05, 0) is 108 Å². The minimum Gasteiger partial charge on any atom is -0.459 e. The zero-order chi connectivity index (χ0) is 72.2. The van der Waals surface area contributed by atoms with Crippen molar-refractivity contribution in [3.05, 3.63) is 83.5 Å². The fraction of sp³-hybridized carbons (Fsp3) is 0.685. The van der Waals surface area contributed by atoms with Gasteiger partial charge in [0.05, 0.1) is 37.1 Å². The number of ether oxygens (including phenoxy) is 6. The first-order valence-corrected chi connectivity index (χ1v) is 35.9. The van der Waals surface area contributed by atoms with Gasteiger partial charge >= 0.3 is 12.1 Å². The van der Waals surface area contributed by atoms with Crippen molar-refractivity contribution in [1.82, 2.24) is 40.0 Å². The van der Waals surface area contributed by atoms with Crippen molar-refractivity contribution in [2.75, 3.05) is 109 Å². The highest BCUT2D eigenvalue weighted by atomic mass is 16.6. The maximum atomic E-state index is 14.7. The summed E-state index contributed by atoms with van der Waals surface area (Å²) in [5, 5.41) is 37.4. The molecule has 2 aromatic heterocycles. The zero-order valence-corrected chi connectivity index (χ0v) is 60.0. The number of carbonyl (C=O) groups is 7. The number of piperidine rings is 1. The second-order valence-electron chi connectivity index (χ2n) is 28.3. The summed E-state index contributed by atoms with van der Waals surface area (Å²) in [6, 6.07) is -2.23. The van der Waals surface area contributed by atoms with Gasteiger partial charge in [-0.1, -0.05) is 64.2 Å². The van der Waals surface area contributed by atoms with E-state index in [-0.39, 0.29) is 55.5 Å². The number of carbonyl (C=O) groups excluding carboxylic acids is 7. The van der Waals surface area contributed by atoms with Crippen LogP contribution in [0.2, 0.25) is 0 Å². The number of aliphatic hydroxyl groups excluding tert-OH is 2. The lowest BCUT2D eigenvalue weighted by atomic mass is 9.80. The molecule has 27 nitrogen and oxygen atoms in total. The molecule has 100 heavy (non-hydrogen) atoms. The first-order valence-electron chi connectivity index (χ1n) is 35.9. The number of allylic oxidation sites excluding steroid dienone is 6. The van der Waals surface area contributed by atoms with Crippen molar-refractivity contribution in [2.45, 2.75) is 193 Å². The number of nitrogens with two attached hydrogens (primary N) is 1. The Labute approximate surface area is 588 Å². The van der Waals surface area contributed by atoms with E-state index in [0.717, 1.165) is 75.9 Å². The number of ketones is 4. The van der Waals surface area contributed by atoms with Crippen LogP contribution < -0.4 is 20.9 Å². The fourth-order valence-corrected chi connectivity index (χ4v) is 14.2. The summed E-state index contributed by atoms with van der Waals surface area (Å²) in [5.74, 6) is -8.02. The molecule has 0 aromatic carbocycles. The molecule has 6 N–H and O–H groups in total. The number of Topliss-reactive ketones (excluding diaryl/α,β-unsaturated/α-hetero) is 4. The lowest BCUT2D eigenvalue weighted by Gasteiger charge is -2.42. The molecule has 1 aliphatic carbocycles. The number of hydrogen-bond donors (Lipinski definition) is 5. The van der Waals surface area contributed by atoms with E-state index in [1.807, 2.05) is 44.2 Å². The van der Waals surface area contributed by atoms with Crippen LogP contribution in [-0.4, -0.2) is 251 Å². The predicted molar refractivity (Wildman–Crippen MR) is 372 cm³/mol. The van der Waals surface area contributed by atoms with Crippen molar-refractivity contribution in [3.8, 4) is 0 Å². The van der Waals surface area contributed by atoms with Crippen molar-refractivity contribution < 1.29 is 77.3 Å². The Morgan fingerprint density at radius 1 is 0.740 bits per heavy atom. The zero-order valence-electron chi connectivity index (χ0n) is 60.0. The lowest BCUT2D eigenvalue weighted by molar-refractivity contribution is -0.265. The fourth-order valence-electron chi connectivity index (χ4n) is 14.2. The predicted octanol–water partition coefficient (Wildman–Crippen LogP) is 4.90. The highest BCUT2D eigenvalue weighted by Crippen LogP contribution is 2.38. The number of piperazine rings is 2. The quantitative estimate of drug-likeness (QED) is 0.0462. The number of anilines is 2. The molecule has 2 bridgehead atoms. The monoisotopic (exact) mass is 1400 g/mol. The van der Waals surface area contributed by atoms with Crippen molar-refractivity contribution in [1.29, 1.82) is 0 Å². The second-order valence-corrected chi connectivity index (χ2v) is 28.3. The van der Waals surface area contributed by atoms with E-state index in [1.165, 1.54) is 27.0 Å². The van der Waals surface area contributed by atoms with Crippen molar-refractivity contribution >= 4 is 53.0 Å². The van der Waals surface area contributed by atoms with E-state index in [2.05, 4.69) is 44.9 Å². The molecule has 5 fully saturated rings. The molecule has 0 unspecified atom stereocenters. The van der Waals surface area contributed by atoms with E-state index in [4.69, 9.17) is 34.2 Å². The van der Waals surface area contributed by atoms with Gasteiger partial charge < -0.3 is 69.5 Å². The lowest BCUT2D eigenvalue weighted by Crippen LogP contribution is -2.61. The van der Waals surface area contributed by atoms with E-state index >= 15 is 0 Å². The second kappa shape index (κ2) is 37.9. The van der Waals surface area contributed by atoms with Crippen LogP contribution in [0.4, 0.5) is 16.7 Å². The van der Waals surface area contributed by atoms with Crippen LogP contribution in [0.15, 0.2) is 72.4 Å². The van der Waals surface area contributed by atoms with Crippen LogP contribution in [0.25, 0.3) is 0 Å². The number of rotatable bonds is 17. The summed E-state index contributed by atoms with van der Waals surface area (Å²) in [6.45, 7) is 21.4. The largest absolute Gasteiger partial charge is 0.459 e. The third kappa shape index (κ3) is 21.9. The molecule has 2 aromatic rings. The van der Waals surface area contributed by atoms with Crippen molar-refractivity contribution in [2.24, 2.45) is 35.3 Å². The van der Waals surface area contributed by atoms with Gasteiger partial charge in [0.25, 0.3) is 11.7 Å². The highest BCUT2D eigenvalue weighted by molar-refractivity contribution is 6.39. The summed E-state index contributed by atoms with van der Waals surface area (Å²) in [5.41, 5.74) is 9.24. The first-order chi connectivity index (χ1) is 47.8. The molecule has 1 saturated carbocycles. The van der Waals surface area contributed by atoms with Crippen LogP contribution in [0.3, 0.4) is 0 Å². The molecule has 15 atom stereocenters. The number of cyclic esters (lactones) is 1. The van der Waals surface area contributed by atoms with Gasteiger partial charge in [-0.3, -0.25) is 33.8 Å². The highest BCUT2D eigenvalue weighted by Gasteiger charge is 2.53. The Balaban J connectivity index is 0.839. The molecular weight excluding hydrogens is 1290 g/mol. The summed E-state index contributed by atoms with van der Waals surface area (Å²) < 4.78 is 36.2. The Morgan fingerprint density at radius 2 is 1.38 bits per heavy atom. The standard InChI is InChI=1S/C73H109N11O16/c1-46-15-11-10-12-16-47(2)61(95-8)39-56-20-18-51(6)73(94,100-56)67(90)68(91)84-22-14-13-17-58(84)69(92)98-62(40-59(86)48(3)36-50(5)65(88)66(89)64(87)49(4)35-46)57(74)37-53-19-21-60(63(38-53)96-9)99-72(93)79-43-54-41-75-70(76-42-54)82-27-23-80(24-28-82)31-33-97-34-32-81-25-29-83(30-26-81)71-77-44-55(45-78-71)52(7)85/h10-12,15-16,36,41-42,44-46,48-49,51,53,56-58,60-63,65-66,88-89,94H,13-14,17-35,37-40,43,74H2,1-9H3,(H,79,93)/b12-10+,15-11+,47-16+,50-36+/t46-,48-,49-,51-,53+,56+,57-,58+,60-,61+,62+,63-,65-,66+,73-/m1/s1. The average molecular weight is 1400 g/mol. The van der Waals surface area contributed by atoms with Crippen molar-refractivity contribution in [3.63, 3.8) is 0 Å². The Kier molecular flexibility index (Phi) is 29.9. The summed E-state index contributed by atoms with van der Waals surface area (Å²) in [6.07, 6.45) is 13.5. The van der Waals surface area contributed by atoms with Gasteiger partial charge in [0.1, 0.15) is 36.2 Å². The van der Waals surface area contributed by atoms with Gasteiger partial charge in [-0.25, -0.2) is 29.5 Å². The number of esters is 1. The SMILES string of the molecule is CO[C@H]1C[C@@H]2CC[C@@H](C)[C@@](O)(O2)C(=O)C(=O)N2CCCC[C@H]2C(=O)O[C@H]([C@H](N)C[C@@H]2CC[C@@H](OC(=O)NCc3cnc(N4CCN(CCOCCN5CCN(c6ncc(C(C)=O)cn6)CC5)CC4)nc3)[C@H](OC)C2)CC(=O)[C@H](C)/C=C(\C)[C@@H](O)[C@@H](O)C(=O)[C@H](C)C[C@H](C)/C=C/C=C/C=C/1C. The normalized spacial score (nSPS) is 32.5. The number of methoxy groups -OCH3 is 2. The third-order valence-electron chi connectivity index (χ3n) is 20.8. The van der Waals surface area contributed by atoms with Crippen LogP contribution in [0.1, 0.15) is 141 Å². The summed E-state index contributed by atoms with van der Waals surface area (Å²) >= 11 is 0.